The molecule has 0 amide bonds. The van der Waals surface area contributed by atoms with E-state index in [1.165, 1.54) is 18.4 Å². The lowest BCUT2D eigenvalue weighted by Gasteiger charge is -2.72. The van der Waals surface area contributed by atoms with E-state index in [0.29, 0.717) is 27.9 Å². The van der Waals surface area contributed by atoms with Crippen LogP contribution in [-0.2, 0) is 4.79 Å². The van der Waals surface area contributed by atoms with Crippen molar-refractivity contribution < 1.29 is 4.79 Å². The van der Waals surface area contributed by atoms with Crippen LogP contribution in [0.15, 0.2) is 11.1 Å². The largest absolute Gasteiger partial charge is 0.295 e. The Labute approximate surface area is 111 Å². The number of rotatable bonds is 1. The molecule has 0 aromatic heterocycles. The Bertz CT molecular complexity index is 470. The lowest BCUT2D eigenvalue weighted by Crippen LogP contribution is -2.65. The first-order chi connectivity index (χ1) is 8.13. The molecule has 0 unspecified atom stereocenters. The molecule has 18 heavy (non-hydrogen) atoms. The van der Waals surface area contributed by atoms with Gasteiger partial charge in [-0.3, -0.25) is 4.79 Å². The summed E-state index contributed by atoms with van der Waals surface area (Å²) < 4.78 is 0. The fourth-order valence-corrected chi connectivity index (χ4v) is 5.62. The monoisotopic (exact) mass is 246 g/mol. The van der Waals surface area contributed by atoms with E-state index in [1.807, 2.05) is 0 Å². The van der Waals surface area contributed by atoms with Crippen molar-refractivity contribution >= 4 is 5.78 Å². The van der Waals surface area contributed by atoms with Crippen LogP contribution in [0.3, 0.4) is 0 Å². The van der Waals surface area contributed by atoms with Crippen LogP contribution in [-0.4, -0.2) is 5.78 Å². The number of hydrogen-bond donors (Lipinski definition) is 0. The third-order valence-electron chi connectivity index (χ3n) is 7.31. The van der Waals surface area contributed by atoms with Crippen LogP contribution in [0, 0.1) is 28.1 Å². The highest BCUT2D eigenvalue weighted by atomic mass is 16.1. The first-order valence-electron chi connectivity index (χ1n) is 7.34. The molecule has 0 aromatic carbocycles. The minimum atomic E-state index is 0.309. The van der Waals surface area contributed by atoms with Gasteiger partial charge in [-0.2, -0.15) is 0 Å². The first-order valence-corrected chi connectivity index (χ1v) is 7.34. The average molecular weight is 246 g/mol. The fraction of sp³-hybridized carbons (Fsp3) is 0.824. The normalized spacial score (nSPS) is 48.8. The van der Waals surface area contributed by atoms with Crippen LogP contribution in [0.4, 0.5) is 0 Å². The molecular formula is C17H26O. The number of Topliss-reactive ketones (excluding diaryl/α,β-unsaturated/α-hetero) is 1. The van der Waals surface area contributed by atoms with E-state index in [9.17, 15) is 4.79 Å². The summed E-state index contributed by atoms with van der Waals surface area (Å²) in [5.74, 6) is 1.76. The predicted molar refractivity (Wildman–Crippen MR) is 74.2 cm³/mol. The van der Waals surface area contributed by atoms with Crippen molar-refractivity contribution in [2.75, 3.05) is 0 Å². The Morgan fingerprint density at radius 2 is 1.78 bits per heavy atom. The van der Waals surface area contributed by atoms with Crippen LogP contribution in [0.2, 0.25) is 0 Å². The summed E-state index contributed by atoms with van der Waals surface area (Å²) in [4.78, 5) is 11.8. The molecule has 0 aliphatic heterocycles. The van der Waals surface area contributed by atoms with Crippen molar-refractivity contribution in [2.45, 2.75) is 60.8 Å². The van der Waals surface area contributed by atoms with Gasteiger partial charge < -0.3 is 0 Å². The summed E-state index contributed by atoms with van der Waals surface area (Å²) in [6.45, 7) is 13.8. The summed E-state index contributed by atoms with van der Waals surface area (Å²) in [5, 5.41) is 0. The van der Waals surface area contributed by atoms with Crippen molar-refractivity contribution in [2.24, 2.45) is 28.1 Å². The van der Waals surface area contributed by atoms with Gasteiger partial charge in [-0.25, -0.2) is 0 Å². The van der Waals surface area contributed by atoms with Crippen molar-refractivity contribution in [3.63, 3.8) is 0 Å². The zero-order valence-corrected chi connectivity index (χ0v) is 12.7. The van der Waals surface area contributed by atoms with Gasteiger partial charge in [-0.05, 0) is 66.8 Å². The quantitative estimate of drug-likeness (QED) is 0.671. The number of carbonyl (C=O) groups is 1. The topological polar surface area (TPSA) is 17.1 Å². The number of ketones is 1. The summed E-state index contributed by atoms with van der Waals surface area (Å²) in [6, 6.07) is 0. The maximum absolute atomic E-state index is 11.8. The molecule has 0 N–H and O–H groups in total. The smallest absolute Gasteiger partial charge is 0.155 e. The lowest BCUT2D eigenvalue weighted by molar-refractivity contribution is -0.228. The van der Waals surface area contributed by atoms with E-state index in [4.69, 9.17) is 0 Å². The standard InChI is InChI=1S/C17H26O/c1-10-12(11(2)18)7-17(6)13(10)8-16(5)9-14(17)15(16,3)4/h13-14H,7-9H2,1-6H3/t13-,14-,16-,17-/m1/s1. The van der Waals surface area contributed by atoms with Gasteiger partial charge in [0.05, 0.1) is 0 Å². The molecule has 4 rings (SSSR count). The highest BCUT2D eigenvalue weighted by molar-refractivity contribution is 5.95. The fourth-order valence-electron chi connectivity index (χ4n) is 5.62. The third-order valence-corrected chi connectivity index (χ3v) is 7.31. The average Bonchev–Trinajstić information content (AvgIpc) is 2.52. The second-order valence-electron chi connectivity index (χ2n) is 8.20. The van der Waals surface area contributed by atoms with Gasteiger partial charge >= 0.3 is 0 Å². The minimum absolute atomic E-state index is 0.309. The highest BCUT2D eigenvalue weighted by Crippen LogP contribution is 2.77. The molecular weight excluding hydrogens is 220 g/mol. The Balaban J connectivity index is 2.04. The molecule has 4 atom stereocenters. The molecule has 0 heterocycles. The van der Waals surface area contributed by atoms with E-state index in [-0.39, 0.29) is 0 Å². The molecule has 100 valence electrons. The molecule has 0 spiro atoms. The molecule has 4 aliphatic rings. The van der Waals surface area contributed by atoms with Crippen molar-refractivity contribution in [1.82, 2.24) is 0 Å². The van der Waals surface area contributed by atoms with Gasteiger partial charge in [0, 0.05) is 0 Å². The lowest BCUT2D eigenvalue weighted by atomic mass is 9.32. The summed E-state index contributed by atoms with van der Waals surface area (Å²) in [5.41, 5.74) is 3.86. The molecule has 0 saturated heterocycles. The molecule has 2 bridgehead atoms. The van der Waals surface area contributed by atoms with Crippen LogP contribution in [0.25, 0.3) is 0 Å². The predicted octanol–water partition coefficient (Wildman–Crippen LogP) is 4.37. The number of allylic oxidation sites excluding steroid dienone is 2. The van der Waals surface area contributed by atoms with E-state index < -0.39 is 0 Å². The molecule has 0 radical (unpaired) electrons. The van der Waals surface area contributed by atoms with Crippen molar-refractivity contribution in [3.05, 3.63) is 11.1 Å². The number of carbonyl (C=O) groups excluding carboxylic acids is 1. The summed E-state index contributed by atoms with van der Waals surface area (Å²) in [7, 11) is 0. The molecule has 0 aromatic rings. The second kappa shape index (κ2) is 3.11. The Hall–Kier alpha value is -0.590. The van der Waals surface area contributed by atoms with Gasteiger partial charge in [-0.1, -0.05) is 33.3 Å². The molecule has 3 saturated carbocycles. The summed E-state index contributed by atoms with van der Waals surface area (Å²) in [6.07, 6.45) is 3.68. The SMILES string of the molecule is CC(=O)C1=C(C)[C@H]2C[C@]3(C)C[C@H](C3(C)C)[C@]2(C)C1. The Morgan fingerprint density at radius 3 is 2.28 bits per heavy atom. The van der Waals surface area contributed by atoms with Crippen LogP contribution < -0.4 is 0 Å². The maximum atomic E-state index is 11.8. The van der Waals surface area contributed by atoms with Crippen LogP contribution in [0.1, 0.15) is 60.8 Å². The van der Waals surface area contributed by atoms with Crippen LogP contribution in [0.5, 0.6) is 0 Å². The number of hydrogen-bond acceptors (Lipinski definition) is 1. The van der Waals surface area contributed by atoms with E-state index in [0.717, 1.165) is 17.9 Å². The van der Waals surface area contributed by atoms with E-state index in [1.54, 1.807) is 6.92 Å². The molecule has 1 nitrogen and oxygen atoms in total. The molecule has 3 fully saturated rings. The molecule has 1 heteroatoms. The van der Waals surface area contributed by atoms with Gasteiger partial charge in [0.25, 0.3) is 0 Å². The van der Waals surface area contributed by atoms with Gasteiger partial charge in [0.1, 0.15) is 0 Å². The molecule has 4 aliphatic carbocycles. The highest BCUT2D eigenvalue weighted by Gasteiger charge is 2.70. The van der Waals surface area contributed by atoms with E-state index >= 15 is 0 Å². The van der Waals surface area contributed by atoms with Gasteiger partial charge in [0.15, 0.2) is 5.78 Å². The second-order valence-corrected chi connectivity index (χ2v) is 8.20. The minimum Gasteiger partial charge on any atom is -0.295 e. The Kier molecular flexibility index (Phi) is 2.15. The maximum Gasteiger partial charge on any atom is 0.155 e. The van der Waals surface area contributed by atoms with Crippen molar-refractivity contribution in [3.8, 4) is 0 Å². The third kappa shape index (κ3) is 1.12. The van der Waals surface area contributed by atoms with Crippen LogP contribution >= 0.6 is 0 Å². The van der Waals surface area contributed by atoms with E-state index in [2.05, 4.69) is 34.6 Å². The van der Waals surface area contributed by atoms with Gasteiger partial charge in [0.2, 0.25) is 0 Å². The van der Waals surface area contributed by atoms with Gasteiger partial charge in [-0.15, -0.1) is 0 Å². The summed E-state index contributed by atoms with van der Waals surface area (Å²) >= 11 is 0. The zero-order valence-electron chi connectivity index (χ0n) is 12.7. The first kappa shape index (κ1) is 12.4. The zero-order chi connectivity index (χ0) is 13.5. The van der Waals surface area contributed by atoms with Crippen molar-refractivity contribution in [1.29, 1.82) is 0 Å². The Morgan fingerprint density at radius 1 is 1.17 bits per heavy atom.